The number of carbonyl (C=O) groups is 1. The smallest absolute Gasteiger partial charge is 0.317 e. The molecule has 1 aromatic rings. The first-order chi connectivity index (χ1) is 11.0. The number of nitrogens with zero attached hydrogens (tertiary/aromatic N) is 2. The molecule has 0 saturated carbocycles. The predicted molar refractivity (Wildman–Crippen MR) is 90.8 cm³/mol. The van der Waals surface area contributed by atoms with E-state index in [9.17, 15) is 4.79 Å². The third kappa shape index (κ3) is 5.76. The number of carboxylic acid groups (broad SMARTS) is 1. The van der Waals surface area contributed by atoms with Crippen LogP contribution in [0.4, 0.5) is 0 Å². The molecule has 1 N–H and O–H groups in total. The Balaban J connectivity index is 1.92. The van der Waals surface area contributed by atoms with Gasteiger partial charge >= 0.3 is 5.97 Å². The maximum atomic E-state index is 10.7. The van der Waals surface area contributed by atoms with Crippen LogP contribution in [0.1, 0.15) is 5.56 Å². The van der Waals surface area contributed by atoms with Gasteiger partial charge in [0.15, 0.2) is 0 Å². The lowest BCUT2D eigenvalue weighted by molar-refractivity contribution is -0.138. The summed E-state index contributed by atoms with van der Waals surface area (Å²) in [4.78, 5) is 14.8. The highest BCUT2D eigenvalue weighted by Crippen LogP contribution is 2.24. The summed E-state index contributed by atoms with van der Waals surface area (Å²) in [7, 11) is 3.46. The van der Waals surface area contributed by atoms with Gasteiger partial charge in [0.05, 0.1) is 26.4 Å². The summed E-state index contributed by atoms with van der Waals surface area (Å²) < 4.78 is 12.1. The van der Waals surface area contributed by atoms with Crippen molar-refractivity contribution >= 4 is 21.9 Å². The van der Waals surface area contributed by atoms with Crippen LogP contribution in [-0.4, -0.2) is 73.9 Å². The number of methoxy groups -OCH3 is 1. The van der Waals surface area contributed by atoms with E-state index in [1.807, 2.05) is 18.2 Å². The van der Waals surface area contributed by atoms with Gasteiger partial charge in [-0.2, -0.15) is 0 Å². The summed E-state index contributed by atoms with van der Waals surface area (Å²) in [5, 5.41) is 8.83. The van der Waals surface area contributed by atoms with Crippen LogP contribution in [0.5, 0.6) is 5.75 Å². The zero-order chi connectivity index (χ0) is 16.8. The molecule has 128 valence electrons. The zero-order valence-electron chi connectivity index (χ0n) is 13.5. The van der Waals surface area contributed by atoms with Gasteiger partial charge < -0.3 is 14.6 Å². The van der Waals surface area contributed by atoms with Crippen molar-refractivity contribution in [2.24, 2.45) is 0 Å². The highest BCUT2D eigenvalue weighted by atomic mass is 79.9. The van der Waals surface area contributed by atoms with E-state index in [0.29, 0.717) is 13.2 Å². The van der Waals surface area contributed by atoms with Crippen LogP contribution in [0.25, 0.3) is 0 Å². The molecule has 2 rings (SSSR count). The van der Waals surface area contributed by atoms with Gasteiger partial charge in [-0.3, -0.25) is 14.6 Å². The van der Waals surface area contributed by atoms with Crippen molar-refractivity contribution in [2.75, 3.05) is 46.9 Å². The zero-order valence-corrected chi connectivity index (χ0v) is 15.1. The molecule has 1 aliphatic rings. The van der Waals surface area contributed by atoms with Crippen LogP contribution in [0.15, 0.2) is 22.7 Å². The average molecular weight is 387 g/mol. The van der Waals surface area contributed by atoms with E-state index in [-0.39, 0.29) is 12.6 Å². The number of rotatable bonds is 7. The van der Waals surface area contributed by atoms with Crippen molar-refractivity contribution in [1.82, 2.24) is 9.80 Å². The van der Waals surface area contributed by atoms with E-state index < -0.39 is 5.97 Å². The van der Waals surface area contributed by atoms with Crippen LogP contribution in [0.2, 0.25) is 0 Å². The summed E-state index contributed by atoms with van der Waals surface area (Å²) in [6.45, 7) is 3.76. The van der Waals surface area contributed by atoms with Crippen LogP contribution < -0.4 is 4.74 Å². The van der Waals surface area contributed by atoms with Crippen molar-refractivity contribution in [2.45, 2.75) is 12.6 Å². The van der Waals surface area contributed by atoms with Gasteiger partial charge in [-0.15, -0.1) is 0 Å². The molecule has 23 heavy (non-hydrogen) atoms. The molecular weight excluding hydrogens is 364 g/mol. The predicted octanol–water partition coefficient (Wildman–Crippen LogP) is 1.67. The fraction of sp³-hybridized carbons (Fsp3) is 0.562. The highest BCUT2D eigenvalue weighted by molar-refractivity contribution is 9.10. The number of halogens is 1. The summed E-state index contributed by atoms with van der Waals surface area (Å²) in [6, 6.07) is 5.95. The second-order valence-corrected chi connectivity index (χ2v) is 6.63. The molecule has 1 fully saturated rings. The quantitative estimate of drug-likeness (QED) is 0.768. The number of benzene rings is 1. The minimum absolute atomic E-state index is 0.0254. The van der Waals surface area contributed by atoms with Gasteiger partial charge in [0, 0.05) is 30.7 Å². The largest absolute Gasteiger partial charge is 0.497 e. The van der Waals surface area contributed by atoms with Crippen LogP contribution in [0.3, 0.4) is 0 Å². The number of likely N-dealkylation sites (N-methyl/N-ethyl adjacent to an activating group) is 1. The number of ether oxygens (including phenoxy) is 2. The van der Waals surface area contributed by atoms with E-state index in [2.05, 4.69) is 20.8 Å². The monoisotopic (exact) mass is 386 g/mol. The lowest BCUT2D eigenvalue weighted by Gasteiger charge is -2.34. The molecule has 0 radical (unpaired) electrons. The first-order valence-electron chi connectivity index (χ1n) is 7.54. The number of morpholine rings is 1. The Morgan fingerprint density at radius 2 is 2.35 bits per heavy atom. The molecule has 0 spiro atoms. The summed E-state index contributed by atoms with van der Waals surface area (Å²) in [5.74, 6) is 0.0228. The first-order valence-corrected chi connectivity index (χ1v) is 8.34. The first kappa shape index (κ1) is 18.2. The van der Waals surface area contributed by atoms with Crippen molar-refractivity contribution in [3.05, 3.63) is 28.2 Å². The van der Waals surface area contributed by atoms with Crippen LogP contribution in [0, 0.1) is 0 Å². The number of hydrogen-bond donors (Lipinski definition) is 1. The number of carboxylic acids is 1. The van der Waals surface area contributed by atoms with Crippen molar-refractivity contribution in [3.8, 4) is 5.75 Å². The SMILES string of the molecule is COc1ccc(Br)c(CN2CCOC(CN(C)CC(=O)O)C2)c1. The van der Waals surface area contributed by atoms with Gasteiger partial charge in [0.25, 0.3) is 0 Å². The van der Waals surface area contributed by atoms with E-state index in [0.717, 1.165) is 29.9 Å². The fourth-order valence-electron chi connectivity index (χ4n) is 2.72. The molecule has 1 aliphatic heterocycles. The van der Waals surface area contributed by atoms with Crippen molar-refractivity contribution in [1.29, 1.82) is 0 Å². The summed E-state index contributed by atoms with van der Waals surface area (Å²) in [5.41, 5.74) is 1.17. The Morgan fingerprint density at radius 3 is 3.04 bits per heavy atom. The van der Waals surface area contributed by atoms with Gasteiger partial charge in [-0.25, -0.2) is 0 Å². The second kappa shape index (κ2) is 8.63. The van der Waals surface area contributed by atoms with Gasteiger partial charge in [-0.05, 0) is 30.8 Å². The van der Waals surface area contributed by atoms with E-state index in [4.69, 9.17) is 14.6 Å². The van der Waals surface area contributed by atoms with E-state index in [1.54, 1.807) is 19.1 Å². The Hall–Kier alpha value is -1.15. The van der Waals surface area contributed by atoms with Crippen molar-refractivity contribution in [3.63, 3.8) is 0 Å². The molecular formula is C16H23BrN2O4. The van der Waals surface area contributed by atoms with Crippen LogP contribution in [-0.2, 0) is 16.1 Å². The third-order valence-corrected chi connectivity index (χ3v) is 4.56. The highest BCUT2D eigenvalue weighted by Gasteiger charge is 2.23. The Labute approximate surface area is 145 Å². The van der Waals surface area contributed by atoms with E-state index >= 15 is 0 Å². The molecule has 0 amide bonds. The summed E-state index contributed by atoms with van der Waals surface area (Å²) in [6.07, 6.45) is 0.0254. The molecule has 1 unspecified atom stereocenters. The molecule has 1 atom stereocenters. The Kier molecular flexibility index (Phi) is 6.83. The molecule has 7 heteroatoms. The Bertz CT molecular complexity index is 541. The second-order valence-electron chi connectivity index (χ2n) is 5.78. The molecule has 0 bridgehead atoms. The number of hydrogen-bond acceptors (Lipinski definition) is 5. The van der Waals surface area contributed by atoms with Gasteiger partial charge in [-0.1, -0.05) is 15.9 Å². The van der Waals surface area contributed by atoms with Crippen LogP contribution >= 0.6 is 15.9 Å². The van der Waals surface area contributed by atoms with Gasteiger partial charge in [0.1, 0.15) is 5.75 Å². The normalized spacial score (nSPS) is 19.0. The summed E-state index contributed by atoms with van der Waals surface area (Å²) >= 11 is 3.58. The molecule has 0 aliphatic carbocycles. The fourth-order valence-corrected chi connectivity index (χ4v) is 3.09. The average Bonchev–Trinajstić information content (AvgIpc) is 2.49. The third-order valence-electron chi connectivity index (χ3n) is 3.79. The molecule has 1 saturated heterocycles. The molecule has 0 aromatic heterocycles. The maximum absolute atomic E-state index is 10.7. The number of aliphatic carboxylic acids is 1. The Morgan fingerprint density at radius 1 is 1.57 bits per heavy atom. The standard InChI is InChI=1S/C16H23BrN2O4/c1-18(11-16(20)21)9-14-10-19(5-6-23-14)8-12-7-13(22-2)3-4-15(12)17/h3-4,7,14H,5-6,8-11H2,1-2H3,(H,20,21). The molecule has 1 heterocycles. The molecule has 6 nitrogen and oxygen atoms in total. The lowest BCUT2D eigenvalue weighted by atomic mass is 10.1. The minimum atomic E-state index is -0.819. The van der Waals surface area contributed by atoms with Gasteiger partial charge in [0.2, 0.25) is 0 Å². The molecule has 1 aromatic carbocycles. The lowest BCUT2D eigenvalue weighted by Crippen LogP contribution is -2.47. The van der Waals surface area contributed by atoms with Crippen molar-refractivity contribution < 1.29 is 19.4 Å². The topological polar surface area (TPSA) is 62.2 Å². The minimum Gasteiger partial charge on any atom is -0.497 e. The maximum Gasteiger partial charge on any atom is 0.317 e. The van der Waals surface area contributed by atoms with E-state index in [1.165, 1.54) is 5.56 Å².